The molecule has 0 aliphatic heterocycles. The van der Waals surface area contributed by atoms with Gasteiger partial charge in [0.15, 0.2) is 0 Å². The maximum absolute atomic E-state index is 2.39. The van der Waals surface area contributed by atoms with E-state index in [9.17, 15) is 0 Å². The topological polar surface area (TPSA) is 0 Å². The van der Waals surface area contributed by atoms with Crippen LogP contribution in [0.1, 0.15) is 11.1 Å². The van der Waals surface area contributed by atoms with E-state index < -0.39 is 15.8 Å². The summed E-state index contributed by atoms with van der Waals surface area (Å²) in [7, 11) is -1.37. The zero-order chi connectivity index (χ0) is 25.9. The van der Waals surface area contributed by atoms with E-state index in [2.05, 4.69) is 146 Å². The van der Waals surface area contributed by atoms with Gasteiger partial charge in [-0.05, 0) is 88.1 Å². The van der Waals surface area contributed by atoms with Crippen molar-refractivity contribution in [3.8, 4) is 11.1 Å². The average molecular weight is 563 g/mol. The van der Waals surface area contributed by atoms with Crippen molar-refractivity contribution in [3.63, 3.8) is 0 Å². The molecule has 0 atom stereocenters. The first-order valence-corrected chi connectivity index (χ1v) is 17.1. The lowest BCUT2D eigenvalue weighted by molar-refractivity contribution is 1.43. The lowest BCUT2D eigenvalue weighted by Crippen LogP contribution is -2.25. The monoisotopic (exact) mass is 562 g/mol. The average Bonchev–Trinajstić information content (AvgIpc) is 3.67. The minimum atomic E-state index is -0.728. The molecule has 186 valence electrons. The molecule has 0 aliphatic rings. The zero-order valence-corrected chi connectivity index (χ0v) is 24.8. The van der Waals surface area contributed by atoms with E-state index >= 15 is 0 Å². The van der Waals surface area contributed by atoms with E-state index in [1.54, 1.807) is 0 Å². The number of rotatable bonds is 7. The SMILES string of the molecule is Cc1cccc(P(c2ccccc2)c2ccccc2)c1-c1c(C)cccc1P(c1cccs1)c1cccs1. The van der Waals surface area contributed by atoms with Crippen LogP contribution in [0.5, 0.6) is 0 Å². The van der Waals surface area contributed by atoms with Gasteiger partial charge in [-0.15, -0.1) is 22.7 Å². The Kier molecular flexibility index (Phi) is 7.68. The lowest BCUT2D eigenvalue weighted by Gasteiger charge is -2.27. The number of aryl methyl sites for hydroxylation is 2. The second kappa shape index (κ2) is 11.5. The Balaban J connectivity index is 1.64. The molecule has 0 bridgehead atoms. The zero-order valence-electron chi connectivity index (χ0n) is 21.4. The molecule has 0 N–H and O–H groups in total. The minimum absolute atomic E-state index is 0.641. The molecular weight excluding hydrogens is 534 g/mol. The van der Waals surface area contributed by atoms with Gasteiger partial charge in [0.25, 0.3) is 0 Å². The van der Waals surface area contributed by atoms with Crippen molar-refractivity contribution in [2.75, 3.05) is 0 Å². The summed E-state index contributed by atoms with van der Waals surface area (Å²) in [6.45, 7) is 4.58. The third-order valence-corrected chi connectivity index (χ3v) is 14.3. The Morgan fingerprint density at radius 1 is 0.421 bits per heavy atom. The van der Waals surface area contributed by atoms with Gasteiger partial charge in [0.05, 0.1) is 0 Å². The van der Waals surface area contributed by atoms with Crippen LogP contribution in [0.2, 0.25) is 0 Å². The molecule has 6 rings (SSSR count). The van der Waals surface area contributed by atoms with Crippen LogP contribution in [0, 0.1) is 13.8 Å². The molecule has 0 unspecified atom stereocenters. The third kappa shape index (κ3) is 4.95. The van der Waals surface area contributed by atoms with Crippen LogP contribution in [-0.2, 0) is 0 Å². The van der Waals surface area contributed by atoms with E-state index in [0.29, 0.717) is 0 Å². The maximum Gasteiger partial charge on any atom is 0.0377 e. The highest BCUT2D eigenvalue weighted by Gasteiger charge is 2.27. The van der Waals surface area contributed by atoms with Crippen LogP contribution >= 0.6 is 38.5 Å². The molecule has 0 aliphatic carbocycles. The Morgan fingerprint density at radius 3 is 1.29 bits per heavy atom. The molecule has 0 nitrogen and oxygen atoms in total. The van der Waals surface area contributed by atoms with Crippen molar-refractivity contribution >= 4 is 69.0 Å². The summed E-state index contributed by atoms with van der Waals surface area (Å²) in [5.41, 5.74) is 5.49. The molecule has 4 aromatic carbocycles. The summed E-state index contributed by atoms with van der Waals surface area (Å²) < 4.78 is 2.91. The molecule has 4 heteroatoms. The molecular formula is C34H28P2S2. The Hall–Kier alpha value is -2.86. The molecule has 0 saturated carbocycles. The molecule has 2 aromatic heterocycles. The molecule has 0 radical (unpaired) electrons. The fourth-order valence-electron chi connectivity index (χ4n) is 5.05. The molecule has 0 saturated heterocycles. The molecule has 2 heterocycles. The molecule has 0 fully saturated rings. The first kappa shape index (κ1) is 25.4. The van der Waals surface area contributed by atoms with Gasteiger partial charge >= 0.3 is 0 Å². The third-order valence-electron chi connectivity index (χ3n) is 6.72. The van der Waals surface area contributed by atoms with Crippen LogP contribution in [0.3, 0.4) is 0 Å². The van der Waals surface area contributed by atoms with Gasteiger partial charge in [0.1, 0.15) is 0 Å². The Morgan fingerprint density at radius 2 is 0.868 bits per heavy atom. The Labute approximate surface area is 236 Å². The summed E-state index contributed by atoms with van der Waals surface area (Å²) in [5, 5.41) is 10.1. The van der Waals surface area contributed by atoms with Crippen LogP contribution in [0.15, 0.2) is 132 Å². The second-order valence-electron chi connectivity index (χ2n) is 9.18. The van der Waals surface area contributed by atoms with E-state index in [1.807, 2.05) is 22.7 Å². The summed E-state index contributed by atoms with van der Waals surface area (Å²) >= 11 is 3.76. The minimum Gasteiger partial charge on any atom is -0.143 e. The van der Waals surface area contributed by atoms with Crippen molar-refractivity contribution < 1.29 is 0 Å². The predicted molar refractivity (Wildman–Crippen MR) is 175 cm³/mol. The fourth-order valence-corrected chi connectivity index (χ4v) is 13.0. The lowest BCUT2D eigenvalue weighted by atomic mass is 9.96. The highest BCUT2D eigenvalue weighted by molar-refractivity contribution is 7.87. The van der Waals surface area contributed by atoms with Crippen molar-refractivity contribution in [1.29, 1.82) is 0 Å². The maximum atomic E-state index is 2.39. The highest BCUT2D eigenvalue weighted by Crippen LogP contribution is 2.44. The van der Waals surface area contributed by atoms with Gasteiger partial charge in [-0.2, -0.15) is 0 Å². The van der Waals surface area contributed by atoms with E-state index in [0.717, 1.165) is 0 Å². The summed E-state index contributed by atoms with van der Waals surface area (Å²) in [5.74, 6) is 0. The highest BCUT2D eigenvalue weighted by atomic mass is 32.1. The second-order valence-corrected chi connectivity index (χ2v) is 16.0. The quantitative estimate of drug-likeness (QED) is 0.176. The largest absolute Gasteiger partial charge is 0.143 e. The van der Waals surface area contributed by atoms with Gasteiger partial charge in [-0.1, -0.05) is 109 Å². The standard InChI is InChI=1S/C34H28P2S2/c1-25-13-9-19-29(35(27-15-5-3-6-16-27)28-17-7-4-8-18-28)33(25)34-26(2)14-10-20-30(34)36(31-21-11-23-37-31)32-22-12-24-38-32/h3-24H,1-2H3. The number of hydrogen-bond donors (Lipinski definition) is 0. The number of hydrogen-bond acceptors (Lipinski definition) is 2. The van der Waals surface area contributed by atoms with Crippen LogP contribution < -0.4 is 30.5 Å². The van der Waals surface area contributed by atoms with Crippen molar-refractivity contribution in [2.24, 2.45) is 0 Å². The first-order chi connectivity index (χ1) is 18.7. The van der Waals surface area contributed by atoms with Gasteiger partial charge in [-0.3, -0.25) is 0 Å². The Bertz CT molecular complexity index is 1550. The summed E-state index contributed by atoms with van der Waals surface area (Å²) in [6.07, 6.45) is 0. The summed E-state index contributed by atoms with van der Waals surface area (Å²) in [6, 6.07) is 45.0. The van der Waals surface area contributed by atoms with Crippen molar-refractivity contribution in [3.05, 3.63) is 143 Å². The molecule has 6 aromatic rings. The smallest absolute Gasteiger partial charge is 0.0377 e. The van der Waals surface area contributed by atoms with E-state index in [-0.39, 0.29) is 0 Å². The molecule has 0 spiro atoms. The van der Waals surface area contributed by atoms with Gasteiger partial charge in [0, 0.05) is 17.2 Å². The van der Waals surface area contributed by atoms with E-state index in [1.165, 1.54) is 52.7 Å². The first-order valence-electron chi connectivity index (χ1n) is 12.7. The van der Waals surface area contributed by atoms with E-state index in [4.69, 9.17) is 0 Å². The summed E-state index contributed by atoms with van der Waals surface area (Å²) in [4.78, 5) is 0. The van der Waals surface area contributed by atoms with Crippen molar-refractivity contribution in [2.45, 2.75) is 13.8 Å². The number of thiophene rings is 2. The predicted octanol–water partition coefficient (Wildman–Crippen LogP) is 7.61. The van der Waals surface area contributed by atoms with Gasteiger partial charge in [0.2, 0.25) is 0 Å². The molecule has 38 heavy (non-hydrogen) atoms. The van der Waals surface area contributed by atoms with Gasteiger partial charge in [-0.25, -0.2) is 0 Å². The van der Waals surface area contributed by atoms with Crippen LogP contribution in [0.4, 0.5) is 0 Å². The fraction of sp³-hybridized carbons (Fsp3) is 0.0588. The number of benzene rings is 4. The van der Waals surface area contributed by atoms with Crippen molar-refractivity contribution in [1.82, 2.24) is 0 Å². The van der Waals surface area contributed by atoms with Gasteiger partial charge < -0.3 is 0 Å². The molecule has 0 amide bonds. The normalized spacial score (nSPS) is 11.4. The van der Waals surface area contributed by atoms with Crippen LogP contribution in [0.25, 0.3) is 11.1 Å². The van der Waals surface area contributed by atoms with Crippen LogP contribution in [-0.4, -0.2) is 0 Å².